The molecule has 0 aliphatic heterocycles. The number of nitrogens with two attached hydrogens (primary N) is 1. The van der Waals surface area contributed by atoms with E-state index in [1.165, 1.54) is 6.33 Å². The highest BCUT2D eigenvalue weighted by Gasteiger charge is 1.97. The molecule has 0 fully saturated rings. The van der Waals surface area contributed by atoms with E-state index in [1.54, 1.807) is 6.20 Å². The SMILES string of the molecule is NOc1ncncc1I. The molecule has 5 heteroatoms. The molecule has 1 aromatic heterocycles. The van der Waals surface area contributed by atoms with E-state index in [0.717, 1.165) is 3.57 Å². The van der Waals surface area contributed by atoms with Crippen LogP contribution in [0.1, 0.15) is 0 Å². The molecule has 2 N–H and O–H groups in total. The molecule has 4 nitrogen and oxygen atoms in total. The third-order valence-electron chi connectivity index (χ3n) is 0.745. The molecule has 0 aromatic carbocycles. The van der Waals surface area contributed by atoms with E-state index < -0.39 is 0 Å². The van der Waals surface area contributed by atoms with Gasteiger partial charge in [0.2, 0.25) is 0 Å². The Morgan fingerprint density at radius 3 is 2.89 bits per heavy atom. The van der Waals surface area contributed by atoms with E-state index >= 15 is 0 Å². The molecular formula is C4H4IN3O. The van der Waals surface area contributed by atoms with Gasteiger partial charge < -0.3 is 4.84 Å². The van der Waals surface area contributed by atoms with Crippen molar-refractivity contribution in [3.8, 4) is 5.88 Å². The van der Waals surface area contributed by atoms with Gasteiger partial charge in [0.15, 0.2) is 0 Å². The van der Waals surface area contributed by atoms with Gasteiger partial charge in [-0.15, -0.1) is 0 Å². The quantitative estimate of drug-likeness (QED) is 0.564. The monoisotopic (exact) mass is 237 g/mol. The standard InChI is InChI=1S/C4H4IN3O/c5-3-1-7-2-8-4(3)9-6/h1-2H,6H2. The average Bonchev–Trinajstić information content (AvgIpc) is 1.89. The third kappa shape index (κ3) is 1.49. The van der Waals surface area contributed by atoms with Gasteiger partial charge in [-0.05, 0) is 22.6 Å². The van der Waals surface area contributed by atoms with E-state index in [0.29, 0.717) is 5.88 Å². The molecule has 1 aromatic rings. The van der Waals surface area contributed by atoms with Gasteiger partial charge in [0, 0.05) is 6.20 Å². The summed E-state index contributed by atoms with van der Waals surface area (Å²) in [5.41, 5.74) is 0. The van der Waals surface area contributed by atoms with Crippen molar-refractivity contribution in [2.45, 2.75) is 0 Å². The maximum absolute atomic E-state index is 4.86. The first-order chi connectivity index (χ1) is 4.34. The highest BCUT2D eigenvalue weighted by atomic mass is 127. The fourth-order valence-electron chi connectivity index (χ4n) is 0.388. The van der Waals surface area contributed by atoms with Gasteiger partial charge in [0.1, 0.15) is 6.33 Å². The van der Waals surface area contributed by atoms with E-state index in [1.807, 2.05) is 22.6 Å². The summed E-state index contributed by atoms with van der Waals surface area (Å²) in [6, 6.07) is 0. The molecule has 1 rings (SSSR count). The van der Waals surface area contributed by atoms with Gasteiger partial charge in [-0.3, -0.25) is 0 Å². The second-order valence-electron chi connectivity index (χ2n) is 1.29. The van der Waals surface area contributed by atoms with Crippen molar-refractivity contribution in [1.29, 1.82) is 0 Å². The fraction of sp³-hybridized carbons (Fsp3) is 0. The molecule has 0 aliphatic carbocycles. The van der Waals surface area contributed by atoms with Crippen molar-refractivity contribution >= 4 is 22.6 Å². The van der Waals surface area contributed by atoms with Crippen LogP contribution in [0.15, 0.2) is 12.5 Å². The van der Waals surface area contributed by atoms with Crippen molar-refractivity contribution in [3.05, 3.63) is 16.1 Å². The van der Waals surface area contributed by atoms with Gasteiger partial charge in [-0.2, -0.15) is 10.9 Å². The van der Waals surface area contributed by atoms with Crippen LogP contribution < -0.4 is 10.7 Å². The van der Waals surface area contributed by atoms with E-state index in [-0.39, 0.29) is 0 Å². The van der Waals surface area contributed by atoms with Crippen molar-refractivity contribution in [2.24, 2.45) is 5.90 Å². The van der Waals surface area contributed by atoms with E-state index in [9.17, 15) is 0 Å². The summed E-state index contributed by atoms with van der Waals surface area (Å²) in [6.07, 6.45) is 3.00. The highest BCUT2D eigenvalue weighted by Crippen LogP contribution is 2.12. The van der Waals surface area contributed by atoms with Crippen LogP contribution in [0, 0.1) is 3.57 Å². The Morgan fingerprint density at radius 2 is 2.44 bits per heavy atom. The van der Waals surface area contributed by atoms with Gasteiger partial charge in [-0.25, -0.2) is 4.98 Å². The topological polar surface area (TPSA) is 61.0 Å². The molecular weight excluding hydrogens is 233 g/mol. The van der Waals surface area contributed by atoms with Gasteiger partial charge in [0.05, 0.1) is 3.57 Å². The number of hydrogen-bond acceptors (Lipinski definition) is 4. The average molecular weight is 237 g/mol. The molecule has 0 amide bonds. The van der Waals surface area contributed by atoms with E-state index in [4.69, 9.17) is 5.90 Å². The van der Waals surface area contributed by atoms with Crippen LogP contribution in [-0.4, -0.2) is 9.97 Å². The van der Waals surface area contributed by atoms with Crippen LogP contribution in [0.2, 0.25) is 0 Å². The van der Waals surface area contributed by atoms with Crippen LogP contribution in [0.25, 0.3) is 0 Å². The second kappa shape index (κ2) is 2.92. The van der Waals surface area contributed by atoms with Crippen molar-refractivity contribution in [3.63, 3.8) is 0 Å². The molecule has 0 unspecified atom stereocenters. The zero-order valence-corrected chi connectivity index (χ0v) is 6.57. The summed E-state index contributed by atoms with van der Waals surface area (Å²) < 4.78 is 0.803. The Bertz CT molecular complexity index is 205. The number of aromatic nitrogens is 2. The lowest BCUT2D eigenvalue weighted by atomic mass is 10.6. The van der Waals surface area contributed by atoms with Gasteiger partial charge in [-0.1, -0.05) is 0 Å². The number of hydrogen-bond donors (Lipinski definition) is 1. The molecule has 0 bridgehead atoms. The highest BCUT2D eigenvalue weighted by molar-refractivity contribution is 14.1. The lowest BCUT2D eigenvalue weighted by molar-refractivity contribution is 0.317. The Hall–Kier alpha value is -0.430. The summed E-state index contributed by atoms with van der Waals surface area (Å²) in [4.78, 5) is 11.9. The zero-order chi connectivity index (χ0) is 6.69. The minimum atomic E-state index is 0.408. The molecule has 0 aliphatic rings. The Labute approximate surface area is 65.5 Å². The first-order valence-corrected chi connectivity index (χ1v) is 3.24. The minimum Gasteiger partial charge on any atom is -0.390 e. The van der Waals surface area contributed by atoms with Crippen LogP contribution in [0.5, 0.6) is 5.88 Å². The van der Waals surface area contributed by atoms with Crippen molar-refractivity contribution in [1.82, 2.24) is 9.97 Å². The zero-order valence-electron chi connectivity index (χ0n) is 4.41. The predicted octanol–water partition coefficient (Wildman–Crippen LogP) is 0.334. The Morgan fingerprint density at radius 1 is 1.67 bits per heavy atom. The molecule has 9 heavy (non-hydrogen) atoms. The summed E-state index contributed by atoms with van der Waals surface area (Å²) in [5, 5.41) is 0. The van der Waals surface area contributed by atoms with Crippen LogP contribution >= 0.6 is 22.6 Å². The molecule has 0 saturated carbocycles. The summed E-state index contributed by atoms with van der Waals surface area (Å²) in [5.74, 6) is 5.26. The lowest BCUT2D eigenvalue weighted by Crippen LogP contribution is -2.05. The minimum absolute atomic E-state index is 0.408. The van der Waals surface area contributed by atoms with Crippen molar-refractivity contribution in [2.75, 3.05) is 0 Å². The van der Waals surface area contributed by atoms with Gasteiger partial charge >= 0.3 is 0 Å². The first kappa shape index (κ1) is 6.69. The van der Waals surface area contributed by atoms with Crippen LogP contribution in [0.3, 0.4) is 0 Å². The Balaban J connectivity index is 3.01. The molecule has 0 radical (unpaired) electrons. The molecule has 0 atom stereocenters. The maximum atomic E-state index is 4.86. The fourth-order valence-corrected chi connectivity index (χ4v) is 0.815. The smallest absolute Gasteiger partial charge is 0.253 e. The number of rotatable bonds is 1. The van der Waals surface area contributed by atoms with Crippen LogP contribution in [-0.2, 0) is 0 Å². The largest absolute Gasteiger partial charge is 0.390 e. The molecule has 1 heterocycles. The van der Waals surface area contributed by atoms with Gasteiger partial charge in [0.25, 0.3) is 5.88 Å². The molecule has 0 saturated heterocycles. The molecule has 48 valence electrons. The summed E-state index contributed by atoms with van der Waals surface area (Å²) in [6.45, 7) is 0. The normalized spacial score (nSPS) is 9.11. The van der Waals surface area contributed by atoms with Crippen LogP contribution in [0.4, 0.5) is 0 Å². The molecule has 0 spiro atoms. The van der Waals surface area contributed by atoms with E-state index in [2.05, 4.69) is 14.8 Å². The summed E-state index contributed by atoms with van der Waals surface area (Å²) in [7, 11) is 0. The van der Waals surface area contributed by atoms with Crippen molar-refractivity contribution < 1.29 is 4.84 Å². The third-order valence-corrected chi connectivity index (χ3v) is 1.49. The summed E-state index contributed by atoms with van der Waals surface area (Å²) >= 11 is 2.03. The Kier molecular flexibility index (Phi) is 2.17. The second-order valence-corrected chi connectivity index (χ2v) is 2.46. The maximum Gasteiger partial charge on any atom is 0.253 e. The first-order valence-electron chi connectivity index (χ1n) is 2.17. The predicted molar refractivity (Wildman–Crippen MR) is 39.6 cm³/mol. The lowest BCUT2D eigenvalue weighted by Gasteiger charge is -1.95. The number of nitrogens with zero attached hydrogens (tertiary/aromatic N) is 2. The number of halogens is 1.